The summed E-state index contributed by atoms with van der Waals surface area (Å²) < 4.78 is 0. The first-order valence-electron chi connectivity index (χ1n) is 7.36. The van der Waals surface area contributed by atoms with Crippen LogP contribution in [0.15, 0.2) is 30.3 Å². The number of fused-ring (bicyclic) bond motifs is 1. The first-order chi connectivity index (χ1) is 11.0. The molecule has 3 aromatic rings. The predicted molar refractivity (Wildman–Crippen MR) is 93.3 cm³/mol. The maximum absolute atomic E-state index is 12.1. The highest BCUT2D eigenvalue weighted by molar-refractivity contribution is 7.11. The summed E-state index contributed by atoms with van der Waals surface area (Å²) in [6, 6.07) is 9.35. The monoisotopic (exact) mass is 326 g/mol. The van der Waals surface area contributed by atoms with E-state index in [1.165, 1.54) is 4.88 Å². The first-order valence-corrected chi connectivity index (χ1v) is 8.17. The highest BCUT2D eigenvalue weighted by atomic mass is 32.1. The van der Waals surface area contributed by atoms with Gasteiger partial charge in [-0.15, -0.1) is 11.3 Å². The van der Waals surface area contributed by atoms with E-state index in [4.69, 9.17) is 5.73 Å². The molecule has 23 heavy (non-hydrogen) atoms. The van der Waals surface area contributed by atoms with Gasteiger partial charge in [0.2, 0.25) is 5.91 Å². The Morgan fingerprint density at radius 3 is 2.78 bits per heavy atom. The SMILES string of the molecule is Cc1nc(CNC(=O)Cc2ccc3cc(N)ccc3n2)sc1C. The molecule has 0 spiro atoms. The van der Waals surface area contributed by atoms with Crippen LogP contribution in [0.1, 0.15) is 21.3 Å². The van der Waals surface area contributed by atoms with Crippen molar-refractivity contribution >= 4 is 33.8 Å². The maximum Gasteiger partial charge on any atom is 0.226 e. The number of rotatable bonds is 4. The number of anilines is 1. The third-order valence-electron chi connectivity index (χ3n) is 3.62. The Labute approximate surface area is 138 Å². The number of nitrogen functional groups attached to an aromatic ring is 1. The molecule has 1 amide bonds. The van der Waals surface area contributed by atoms with E-state index >= 15 is 0 Å². The van der Waals surface area contributed by atoms with Crippen molar-refractivity contribution in [2.24, 2.45) is 0 Å². The molecule has 6 heteroatoms. The fourth-order valence-corrected chi connectivity index (χ4v) is 3.17. The second kappa shape index (κ2) is 6.34. The van der Waals surface area contributed by atoms with Gasteiger partial charge in [-0.3, -0.25) is 9.78 Å². The smallest absolute Gasteiger partial charge is 0.226 e. The van der Waals surface area contributed by atoms with Crippen LogP contribution in [0.3, 0.4) is 0 Å². The molecule has 0 unspecified atom stereocenters. The highest BCUT2D eigenvalue weighted by Gasteiger charge is 2.08. The lowest BCUT2D eigenvalue weighted by molar-refractivity contribution is -0.120. The van der Waals surface area contributed by atoms with Gasteiger partial charge in [0.25, 0.3) is 0 Å². The van der Waals surface area contributed by atoms with Gasteiger partial charge in [0.05, 0.1) is 29.9 Å². The molecule has 0 aliphatic rings. The third kappa shape index (κ3) is 3.65. The summed E-state index contributed by atoms with van der Waals surface area (Å²) in [5.41, 5.74) is 9.07. The number of aromatic nitrogens is 2. The molecule has 2 heterocycles. The number of carbonyl (C=O) groups excluding carboxylic acids is 1. The quantitative estimate of drug-likeness (QED) is 0.722. The lowest BCUT2D eigenvalue weighted by Gasteiger charge is -2.05. The lowest BCUT2D eigenvalue weighted by Crippen LogP contribution is -2.24. The van der Waals surface area contributed by atoms with Gasteiger partial charge in [0, 0.05) is 16.0 Å². The van der Waals surface area contributed by atoms with Crippen molar-refractivity contribution in [3.8, 4) is 0 Å². The van der Waals surface area contributed by atoms with Crippen molar-refractivity contribution in [1.29, 1.82) is 0 Å². The van der Waals surface area contributed by atoms with Gasteiger partial charge in [-0.1, -0.05) is 6.07 Å². The molecule has 3 N–H and O–H groups in total. The van der Waals surface area contributed by atoms with Gasteiger partial charge in [-0.2, -0.15) is 0 Å². The largest absolute Gasteiger partial charge is 0.399 e. The van der Waals surface area contributed by atoms with Gasteiger partial charge in [0.1, 0.15) is 5.01 Å². The number of carbonyl (C=O) groups is 1. The molecular formula is C17H18N4OS. The number of nitrogens with zero attached hydrogens (tertiary/aromatic N) is 2. The number of nitrogens with two attached hydrogens (primary N) is 1. The van der Waals surface area contributed by atoms with Crippen molar-refractivity contribution in [2.75, 3.05) is 5.73 Å². The molecule has 0 saturated carbocycles. The number of amides is 1. The van der Waals surface area contributed by atoms with Crippen molar-refractivity contribution in [2.45, 2.75) is 26.8 Å². The molecule has 0 atom stereocenters. The molecule has 0 bridgehead atoms. The Morgan fingerprint density at radius 1 is 1.22 bits per heavy atom. The highest BCUT2D eigenvalue weighted by Crippen LogP contribution is 2.17. The van der Waals surface area contributed by atoms with Crippen LogP contribution in [0, 0.1) is 13.8 Å². The van der Waals surface area contributed by atoms with E-state index in [0.717, 1.165) is 27.3 Å². The Morgan fingerprint density at radius 2 is 2.04 bits per heavy atom. The van der Waals surface area contributed by atoms with Crippen LogP contribution < -0.4 is 11.1 Å². The zero-order valence-electron chi connectivity index (χ0n) is 13.1. The van der Waals surface area contributed by atoms with Crippen LogP contribution in [0.2, 0.25) is 0 Å². The van der Waals surface area contributed by atoms with E-state index in [9.17, 15) is 4.79 Å². The summed E-state index contributed by atoms with van der Waals surface area (Å²) >= 11 is 1.61. The Kier molecular flexibility index (Phi) is 4.25. The van der Waals surface area contributed by atoms with Crippen molar-refractivity contribution in [3.05, 3.63) is 51.6 Å². The Hall–Kier alpha value is -2.47. The van der Waals surface area contributed by atoms with Gasteiger partial charge < -0.3 is 11.1 Å². The van der Waals surface area contributed by atoms with E-state index in [0.29, 0.717) is 12.2 Å². The summed E-state index contributed by atoms with van der Waals surface area (Å²) in [5, 5.41) is 4.80. The number of aryl methyl sites for hydroxylation is 2. The molecule has 118 valence electrons. The van der Waals surface area contributed by atoms with Crippen LogP contribution in [-0.2, 0) is 17.8 Å². The van der Waals surface area contributed by atoms with E-state index in [1.54, 1.807) is 11.3 Å². The van der Waals surface area contributed by atoms with E-state index in [-0.39, 0.29) is 12.3 Å². The normalized spacial score (nSPS) is 10.9. The maximum atomic E-state index is 12.1. The van der Waals surface area contributed by atoms with Gasteiger partial charge >= 0.3 is 0 Å². The molecule has 5 nitrogen and oxygen atoms in total. The van der Waals surface area contributed by atoms with Crippen molar-refractivity contribution in [3.63, 3.8) is 0 Å². The number of benzene rings is 1. The average Bonchev–Trinajstić information content (AvgIpc) is 2.84. The molecule has 0 saturated heterocycles. The zero-order chi connectivity index (χ0) is 16.4. The van der Waals surface area contributed by atoms with Gasteiger partial charge in [0.15, 0.2) is 0 Å². The van der Waals surface area contributed by atoms with Gasteiger partial charge in [-0.05, 0) is 38.1 Å². The second-order valence-corrected chi connectivity index (χ2v) is 6.75. The minimum absolute atomic E-state index is 0.0576. The predicted octanol–water partition coefficient (Wildman–Crippen LogP) is 2.75. The summed E-state index contributed by atoms with van der Waals surface area (Å²) in [4.78, 5) is 22.2. The standard InChI is InChI=1S/C17H18N4OS/c1-10-11(2)23-17(20-10)9-19-16(22)8-14-5-3-12-7-13(18)4-6-15(12)21-14/h3-7H,8-9,18H2,1-2H3,(H,19,22). The molecule has 2 aromatic heterocycles. The number of hydrogen-bond acceptors (Lipinski definition) is 5. The van der Waals surface area contributed by atoms with Crippen molar-refractivity contribution in [1.82, 2.24) is 15.3 Å². The number of thiazole rings is 1. The Bertz CT molecular complexity index is 853. The zero-order valence-corrected chi connectivity index (χ0v) is 13.9. The topological polar surface area (TPSA) is 80.9 Å². The molecular weight excluding hydrogens is 308 g/mol. The minimum atomic E-state index is -0.0576. The summed E-state index contributed by atoms with van der Waals surface area (Å²) in [6.07, 6.45) is 0.254. The molecule has 0 fully saturated rings. The van der Waals surface area contributed by atoms with Crippen LogP contribution in [-0.4, -0.2) is 15.9 Å². The van der Waals surface area contributed by atoms with Crippen LogP contribution in [0.5, 0.6) is 0 Å². The van der Waals surface area contributed by atoms with E-state index in [2.05, 4.69) is 15.3 Å². The minimum Gasteiger partial charge on any atom is -0.399 e. The fraction of sp³-hybridized carbons (Fsp3) is 0.235. The van der Waals surface area contributed by atoms with Crippen LogP contribution >= 0.6 is 11.3 Å². The molecule has 0 aliphatic heterocycles. The van der Waals surface area contributed by atoms with Crippen LogP contribution in [0.4, 0.5) is 5.69 Å². The Balaban J connectivity index is 1.64. The summed E-state index contributed by atoms with van der Waals surface area (Å²) in [5.74, 6) is -0.0576. The van der Waals surface area contributed by atoms with E-state index in [1.807, 2.05) is 44.2 Å². The number of hydrogen-bond donors (Lipinski definition) is 2. The van der Waals surface area contributed by atoms with Crippen molar-refractivity contribution < 1.29 is 4.79 Å². The number of pyridine rings is 1. The first kappa shape index (κ1) is 15.4. The van der Waals surface area contributed by atoms with Gasteiger partial charge in [-0.25, -0.2) is 4.98 Å². The number of nitrogens with one attached hydrogen (secondary N) is 1. The van der Waals surface area contributed by atoms with E-state index < -0.39 is 0 Å². The summed E-state index contributed by atoms with van der Waals surface area (Å²) in [6.45, 7) is 4.47. The molecule has 0 aliphatic carbocycles. The van der Waals surface area contributed by atoms with Crippen LogP contribution in [0.25, 0.3) is 10.9 Å². The molecule has 1 aromatic carbocycles. The second-order valence-electron chi connectivity index (χ2n) is 5.46. The summed E-state index contributed by atoms with van der Waals surface area (Å²) in [7, 11) is 0. The molecule has 3 rings (SSSR count). The fourth-order valence-electron chi connectivity index (χ4n) is 2.30. The third-order valence-corrected chi connectivity index (χ3v) is 4.70. The average molecular weight is 326 g/mol. The lowest BCUT2D eigenvalue weighted by atomic mass is 10.1. The molecule has 0 radical (unpaired) electrons.